The smallest absolute Gasteiger partial charge is 0.261 e. The third-order valence-corrected chi connectivity index (χ3v) is 5.62. The van der Waals surface area contributed by atoms with Gasteiger partial charge in [0.2, 0.25) is 0 Å². The van der Waals surface area contributed by atoms with Gasteiger partial charge >= 0.3 is 0 Å². The van der Waals surface area contributed by atoms with Gasteiger partial charge in [-0.3, -0.25) is 9.69 Å². The summed E-state index contributed by atoms with van der Waals surface area (Å²) in [5.74, 6) is 0.545. The van der Waals surface area contributed by atoms with E-state index < -0.39 is 6.10 Å². The zero-order valence-corrected chi connectivity index (χ0v) is 17.6. The fourth-order valence-corrected chi connectivity index (χ4v) is 3.91. The molecule has 0 radical (unpaired) electrons. The van der Waals surface area contributed by atoms with Gasteiger partial charge in [0.25, 0.3) is 5.91 Å². The van der Waals surface area contributed by atoms with E-state index in [1.54, 1.807) is 6.92 Å². The van der Waals surface area contributed by atoms with E-state index in [4.69, 9.17) is 4.74 Å². The van der Waals surface area contributed by atoms with Gasteiger partial charge in [0.1, 0.15) is 5.75 Å². The lowest BCUT2D eigenvalue weighted by molar-refractivity contribution is -0.129. The number of halogens is 1. The molecule has 3 atom stereocenters. The molecule has 150 valence electrons. The number of piperidine rings is 1. The average Bonchev–Trinajstić information content (AvgIpc) is 2.69. The number of carbonyl (C=O) groups excluding carboxylic acids is 1. The van der Waals surface area contributed by atoms with E-state index in [2.05, 4.69) is 38.3 Å². The Morgan fingerprint density at radius 2 is 2.07 bits per heavy atom. The van der Waals surface area contributed by atoms with Gasteiger partial charge < -0.3 is 15.2 Å². The Morgan fingerprint density at radius 3 is 2.79 bits per heavy atom. The number of amides is 1. The zero-order chi connectivity index (χ0) is 19.9. The molecule has 3 rings (SSSR count). The predicted molar refractivity (Wildman–Crippen MR) is 113 cm³/mol. The van der Waals surface area contributed by atoms with Crippen LogP contribution in [-0.4, -0.2) is 47.8 Å². The first-order valence-electron chi connectivity index (χ1n) is 9.65. The van der Waals surface area contributed by atoms with Crippen LogP contribution in [0.25, 0.3) is 0 Å². The SMILES string of the molecule is C[C@H](Oc1cccc(Br)c1)C(=O)N[C@@H]1CN(Cc2ccccc2)CC[C@H]1CO. The largest absolute Gasteiger partial charge is 0.481 e. The highest BCUT2D eigenvalue weighted by atomic mass is 79.9. The van der Waals surface area contributed by atoms with Crippen molar-refractivity contribution in [3.8, 4) is 5.75 Å². The number of hydrogen-bond donors (Lipinski definition) is 2. The monoisotopic (exact) mass is 446 g/mol. The molecule has 2 aromatic rings. The Bertz CT molecular complexity index is 771. The second-order valence-corrected chi connectivity index (χ2v) is 8.20. The van der Waals surface area contributed by atoms with Crippen molar-refractivity contribution >= 4 is 21.8 Å². The maximum atomic E-state index is 12.7. The molecule has 0 aliphatic carbocycles. The zero-order valence-electron chi connectivity index (χ0n) is 16.1. The molecule has 1 aliphatic rings. The van der Waals surface area contributed by atoms with Gasteiger partial charge in [0.05, 0.1) is 0 Å². The molecule has 0 spiro atoms. The number of aliphatic hydroxyl groups is 1. The van der Waals surface area contributed by atoms with Crippen LogP contribution in [-0.2, 0) is 11.3 Å². The molecule has 1 saturated heterocycles. The first kappa shape index (κ1) is 20.8. The van der Waals surface area contributed by atoms with E-state index in [1.165, 1.54) is 5.56 Å². The Hall–Kier alpha value is -1.89. The molecular weight excluding hydrogens is 420 g/mol. The first-order valence-corrected chi connectivity index (χ1v) is 10.4. The molecule has 0 aromatic heterocycles. The lowest BCUT2D eigenvalue weighted by Crippen LogP contribution is -2.55. The maximum absolute atomic E-state index is 12.7. The van der Waals surface area contributed by atoms with E-state index in [1.807, 2.05) is 42.5 Å². The number of benzene rings is 2. The molecule has 0 unspecified atom stereocenters. The molecule has 1 amide bonds. The first-order chi connectivity index (χ1) is 13.5. The van der Waals surface area contributed by atoms with Crippen LogP contribution in [0.15, 0.2) is 59.1 Å². The molecular formula is C22H27BrN2O3. The number of aliphatic hydroxyl groups excluding tert-OH is 1. The second kappa shape index (κ2) is 10.0. The van der Waals surface area contributed by atoms with Crippen LogP contribution in [0.2, 0.25) is 0 Å². The lowest BCUT2D eigenvalue weighted by atomic mass is 9.91. The Kier molecular flexibility index (Phi) is 7.48. The van der Waals surface area contributed by atoms with Crippen LogP contribution in [0.5, 0.6) is 5.75 Å². The molecule has 2 aromatic carbocycles. The van der Waals surface area contributed by atoms with E-state index in [-0.39, 0.29) is 24.5 Å². The summed E-state index contributed by atoms with van der Waals surface area (Å²) in [7, 11) is 0. The molecule has 1 aliphatic heterocycles. The van der Waals surface area contributed by atoms with Crippen molar-refractivity contribution in [2.24, 2.45) is 5.92 Å². The molecule has 28 heavy (non-hydrogen) atoms. The van der Waals surface area contributed by atoms with Crippen LogP contribution in [0.1, 0.15) is 18.9 Å². The quantitative estimate of drug-likeness (QED) is 0.685. The van der Waals surface area contributed by atoms with E-state index in [9.17, 15) is 9.90 Å². The number of hydrogen-bond acceptors (Lipinski definition) is 4. The Morgan fingerprint density at radius 1 is 1.29 bits per heavy atom. The van der Waals surface area contributed by atoms with Crippen molar-refractivity contribution in [3.63, 3.8) is 0 Å². The summed E-state index contributed by atoms with van der Waals surface area (Å²) in [4.78, 5) is 15.0. The number of likely N-dealkylation sites (tertiary alicyclic amines) is 1. The summed E-state index contributed by atoms with van der Waals surface area (Å²) >= 11 is 3.41. The van der Waals surface area contributed by atoms with Crippen LogP contribution in [0, 0.1) is 5.92 Å². The highest BCUT2D eigenvalue weighted by molar-refractivity contribution is 9.10. The van der Waals surface area contributed by atoms with Crippen molar-refractivity contribution in [2.75, 3.05) is 19.7 Å². The molecule has 0 bridgehead atoms. The Labute approximate surface area is 174 Å². The molecule has 1 fully saturated rings. The van der Waals surface area contributed by atoms with Crippen molar-refractivity contribution in [1.29, 1.82) is 0 Å². The van der Waals surface area contributed by atoms with Gasteiger partial charge in [0, 0.05) is 36.1 Å². The standard InChI is InChI=1S/C22H27BrN2O3/c1-16(28-20-9-5-8-19(23)12-20)22(27)24-21-14-25(11-10-18(21)15-26)13-17-6-3-2-4-7-17/h2-9,12,16,18,21,26H,10-11,13-15H2,1H3,(H,24,27)/t16-,18-,21+/m0/s1. The predicted octanol–water partition coefficient (Wildman–Crippen LogP) is 3.22. The highest BCUT2D eigenvalue weighted by Crippen LogP contribution is 2.21. The summed E-state index contributed by atoms with van der Waals surface area (Å²) < 4.78 is 6.68. The van der Waals surface area contributed by atoms with Crippen LogP contribution in [0.3, 0.4) is 0 Å². The lowest BCUT2D eigenvalue weighted by Gasteiger charge is -2.38. The molecule has 0 saturated carbocycles. The molecule has 2 N–H and O–H groups in total. The van der Waals surface area contributed by atoms with E-state index in [0.29, 0.717) is 5.75 Å². The van der Waals surface area contributed by atoms with Gasteiger partial charge in [-0.25, -0.2) is 0 Å². The van der Waals surface area contributed by atoms with Crippen LogP contribution < -0.4 is 10.1 Å². The normalized spacial score (nSPS) is 21.1. The Balaban J connectivity index is 1.58. The summed E-state index contributed by atoms with van der Waals surface area (Å²) in [6, 6.07) is 17.7. The summed E-state index contributed by atoms with van der Waals surface area (Å²) in [5.41, 5.74) is 1.25. The van der Waals surface area contributed by atoms with Gasteiger partial charge in [-0.15, -0.1) is 0 Å². The summed E-state index contributed by atoms with van der Waals surface area (Å²) in [6.45, 7) is 4.29. The summed E-state index contributed by atoms with van der Waals surface area (Å²) in [6.07, 6.45) is 0.243. The van der Waals surface area contributed by atoms with Gasteiger partial charge in [-0.05, 0) is 43.7 Å². The van der Waals surface area contributed by atoms with Gasteiger partial charge in [0.15, 0.2) is 6.10 Å². The number of nitrogens with one attached hydrogen (secondary N) is 1. The van der Waals surface area contributed by atoms with E-state index in [0.717, 1.165) is 30.5 Å². The number of nitrogens with zero attached hydrogens (tertiary/aromatic N) is 1. The van der Waals surface area contributed by atoms with Crippen molar-refractivity contribution in [2.45, 2.75) is 32.0 Å². The molecule has 1 heterocycles. The number of ether oxygens (including phenoxy) is 1. The second-order valence-electron chi connectivity index (χ2n) is 7.28. The molecule has 5 nitrogen and oxygen atoms in total. The topological polar surface area (TPSA) is 61.8 Å². The highest BCUT2D eigenvalue weighted by Gasteiger charge is 2.31. The summed E-state index contributed by atoms with van der Waals surface area (Å²) in [5, 5.41) is 12.8. The van der Waals surface area contributed by atoms with Crippen LogP contribution in [0.4, 0.5) is 0 Å². The van der Waals surface area contributed by atoms with Crippen molar-refractivity contribution in [3.05, 3.63) is 64.6 Å². The van der Waals surface area contributed by atoms with Crippen molar-refractivity contribution < 1.29 is 14.6 Å². The third-order valence-electron chi connectivity index (χ3n) is 5.13. The van der Waals surface area contributed by atoms with Gasteiger partial charge in [-0.1, -0.05) is 52.3 Å². The minimum atomic E-state index is -0.613. The van der Waals surface area contributed by atoms with Crippen LogP contribution >= 0.6 is 15.9 Å². The fourth-order valence-electron chi connectivity index (χ4n) is 3.53. The third kappa shape index (κ3) is 5.80. The minimum absolute atomic E-state index is 0.0639. The van der Waals surface area contributed by atoms with Crippen molar-refractivity contribution in [1.82, 2.24) is 10.2 Å². The maximum Gasteiger partial charge on any atom is 0.261 e. The minimum Gasteiger partial charge on any atom is -0.481 e. The number of carbonyl (C=O) groups is 1. The fraction of sp³-hybridized carbons (Fsp3) is 0.409. The molecule has 6 heteroatoms. The average molecular weight is 447 g/mol. The van der Waals surface area contributed by atoms with Gasteiger partial charge in [-0.2, -0.15) is 0 Å². The van der Waals surface area contributed by atoms with E-state index >= 15 is 0 Å². The number of rotatable bonds is 7.